The number of hydrogen-bond donors (Lipinski definition) is 3. The molecular weight excluding hydrogens is 701 g/mol. The Kier molecular flexibility index (Phi) is 24.4. The predicted octanol–water partition coefficient (Wildman–Crippen LogP) is 14.9. The number of carbonyl (C=O) groups excluding carboxylic acids is 1. The van der Waals surface area contributed by atoms with E-state index in [-0.39, 0.29) is 17.6 Å². The van der Waals surface area contributed by atoms with Crippen LogP contribution in [-0.4, -0.2) is 36.5 Å². The van der Waals surface area contributed by atoms with Crippen molar-refractivity contribution in [2.24, 2.45) is 52.1 Å². The molecule has 0 saturated heterocycles. The van der Waals surface area contributed by atoms with Crippen molar-refractivity contribution in [1.29, 1.82) is 0 Å². The van der Waals surface area contributed by atoms with Crippen molar-refractivity contribution in [3.8, 4) is 0 Å². The zero-order valence-electron chi connectivity index (χ0n) is 39.2. The summed E-state index contributed by atoms with van der Waals surface area (Å²) < 4.78 is 6.20. The number of rotatable bonds is 27. The first kappa shape index (κ1) is 50.3. The summed E-state index contributed by atoms with van der Waals surface area (Å²) in [5, 5.41) is 13.8. The molecule has 1 unspecified atom stereocenters. The van der Waals surface area contributed by atoms with Gasteiger partial charge in [0.2, 0.25) is 0 Å². The fourth-order valence-electron chi connectivity index (χ4n) is 12.5. The molecule has 3 saturated carbocycles. The maximum absolute atomic E-state index is 12.9. The molecular formula is C52H98N2O3. The summed E-state index contributed by atoms with van der Waals surface area (Å²) in [6.45, 7) is 18.3. The molecule has 9 atom stereocenters. The molecule has 1 amide bonds. The van der Waals surface area contributed by atoms with E-state index in [2.05, 4.69) is 59.9 Å². The van der Waals surface area contributed by atoms with Crippen LogP contribution in [0.4, 0.5) is 4.79 Å². The van der Waals surface area contributed by atoms with Gasteiger partial charge in [-0.05, 0) is 98.8 Å². The lowest BCUT2D eigenvalue weighted by Gasteiger charge is -2.60. The SMILES string of the molecule is CCCCCCCCCCCCCCCCCCN.CCCCCCNC(=O)OC1C[C@H](O)CC2=CC[C@H]3[C@@H]4CC[C@H]([C@H](C)CCCC(C)C)[C@@]4(C)CC[C@@H]3[C@]21C. The molecule has 0 aromatic carbocycles. The maximum atomic E-state index is 12.9. The minimum atomic E-state index is -0.412. The lowest BCUT2D eigenvalue weighted by atomic mass is 9.46. The van der Waals surface area contributed by atoms with Crippen molar-refractivity contribution in [2.75, 3.05) is 13.1 Å². The van der Waals surface area contributed by atoms with Gasteiger partial charge < -0.3 is 20.9 Å². The zero-order valence-corrected chi connectivity index (χ0v) is 39.2. The van der Waals surface area contributed by atoms with Crippen molar-refractivity contribution >= 4 is 6.09 Å². The lowest BCUT2D eigenvalue weighted by Crippen LogP contribution is -2.57. The first-order chi connectivity index (χ1) is 27.5. The van der Waals surface area contributed by atoms with Crippen molar-refractivity contribution in [3.05, 3.63) is 11.6 Å². The van der Waals surface area contributed by atoms with Gasteiger partial charge in [0.1, 0.15) is 6.10 Å². The van der Waals surface area contributed by atoms with Crippen LogP contribution in [0.25, 0.3) is 0 Å². The molecule has 0 aromatic rings. The highest BCUT2D eigenvalue weighted by molar-refractivity contribution is 5.67. The van der Waals surface area contributed by atoms with Crippen LogP contribution in [0.5, 0.6) is 0 Å². The Balaban J connectivity index is 0.000000388. The number of aliphatic hydroxyl groups excluding tert-OH is 1. The summed E-state index contributed by atoms with van der Waals surface area (Å²) in [7, 11) is 0. The number of nitrogens with one attached hydrogen (secondary N) is 1. The van der Waals surface area contributed by atoms with E-state index in [4.69, 9.17) is 10.5 Å². The Hall–Kier alpha value is -1.07. The average molecular weight is 799 g/mol. The van der Waals surface area contributed by atoms with Gasteiger partial charge in [-0.1, -0.05) is 195 Å². The van der Waals surface area contributed by atoms with E-state index in [1.54, 1.807) is 0 Å². The molecule has 0 bridgehead atoms. The second-order valence-corrected chi connectivity index (χ2v) is 20.7. The van der Waals surface area contributed by atoms with Gasteiger partial charge in [-0.3, -0.25) is 0 Å². The molecule has 0 heterocycles. The summed E-state index contributed by atoms with van der Waals surface area (Å²) in [6.07, 6.45) is 40.8. The Labute approximate surface area is 355 Å². The molecule has 334 valence electrons. The van der Waals surface area contributed by atoms with Gasteiger partial charge in [-0.2, -0.15) is 0 Å². The Morgan fingerprint density at radius 3 is 1.89 bits per heavy atom. The second-order valence-electron chi connectivity index (χ2n) is 20.7. The first-order valence-electron chi connectivity index (χ1n) is 25.5. The summed E-state index contributed by atoms with van der Waals surface area (Å²) in [6, 6.07) is 0. The quantitative estimate of drug-likeness (QED) is 0.0571. The third kappa shape index (κ3) is 16.0. The molecule has 0 radical (unpaired) electrons. The number of nitrogens with two attached hydrogens (primary N) is 1. The number of fused-ring (bicyclic) bond motifs is 5. The van der Waals surface area contributed by atoms with Gasteiger partial charge in [-0.15, -0.1) is 0 Å². The molecule has 3 fully saturated rings. The highest BCUT2D eigenvalue weighted by Gasteiger charge is 2.61. The maximum Gasteiger partial charge on any atom is 0.407 e. The molecule has 4 rings (SSSR count). The fourth-order valence-corrected chi connectivity index (χ4v) is 12.5. The standard InChI is InChI=1S/C34H59NO3.C18H39N/c1-7-8-9-10-20-35-32(37)38-31-22-26(36)21-25-14-15-27-29-17-16-28(24(4)13-11-12-23(2)3)33(29,5)19-18-30(27)34(25,31)6;1-2-3-4-5-6-7-8-9-10-11-12-13-14-15-16-17-18-19/h14,23-24,26-31,36H,7-13,15-22H2,1-6H3,(H,35,37);2-19H2,1H3/t24-,26-,27+,28-,29+,30+,31?,33-,34+;/m1./s1. The summed E-state index contributed by atoms with van der Waals surface area (Å²) in [5.74, 6) is 4.46. The molecule has 5 heteroatoms. The zero-order chi connectivity index (χ0) is 41.5. The smallest absolute Gasteiger partial charge is 0.407 e. The summed E-state index contributed by atoms with van der Waals surface area (Å²) >= 11 is 0. The van der Waals surface area contributed by atoms with Gasteiger partial charge in [0.05, 0.1) is 6.10 Å². The van der Waals surface area contributed by atoms with Gasteiger partial charge >= 0.3 is 6.09 Å². The van der Waals surface area contributed by atoms with E-state index < -0.39 is 6.10 Å². The van der Waals surface area contributed by atoms with E-state index in [1.807, 2.05) is 0 Å². The molecule has 5 nitrogen and oxygen atoms in total. The van der Waals surface area contributed by atoms with Crippen LogP contribution in [0.15, 0.2) is 11.6 Å². The molecule has 4 aliphatic carbocycles. The topological polar surface area (TPSA) is 84.6 Å². The van der Waals surface area contributed by atoms with Gasteiger partial charge in [0.15, 0.2) is 0 Å². The number of amides is 1. The number of ether oxygens (including phenoxy) is 1. The van der Waals surface area contributed by atoms with E-state index in [0.717, 1.165) is 55.9 Å². The number of hydrogen-bond acceptors (Lipinski definition) is 4. The third-order valence-corrected chi connectivity index (χ3v) is 16.0. The van der Waals surface area contributed by atoms with E-state index in [0.29, 0.717) is 30.2 Å². The van der Waals surface area contributed by atoms with Crippen LogP contribution in [0, 0.1) is 46.3 Å². The Bertz CT molecular complexity index is 1080. The average Bonchev–Trinajstić information content (AvgIpc) is 3.54. The Morgan fingerprint density at radius 1 is 0.772 bits per heavy atom. The lowest BCUT2D eigenvalue weighted by molar-refractivity contribution is -0.110. The number of unbranched alkanes of at least 4 members (excludes halogenated alkanes) is 18. The van der Waals surface area contributed by atoms with Gasteiger partial charge in [0.25, 0.3) is 0 Å². The van der Waals surface area contributed by atoms with Crippen LogP contribution in [0.2, 0.25) is 0 Å². The number of alkyl carbamates (subject to hydrolysis) is 1. The predicted molar refractivity (Wildman–Crippen MR) is 245 cm³/mol. The van der Waals surface area contributed by atoms with Crippen molar-refractivity contribution in [3.63, 3.8) is 0 Å². The van der Waals surface area contributed by atoms with Crippen molar-refractivity contribution in [1.82, 2.24) is 5.32 Å². The molecule has 0 aliphatic heterocycles. The third-order valence-electron chi connectivity index (χ3n) is 16.0. The molecule has 0 aromatic heterocycles. The largest absolute Gasteiger partial charge is 0.445 e. The van der Waals surface area contributed by atoms with Gasteiger partial charge in [-0.25, -0.2) is 4.79 Å². The van der Waals surface area contributed by atoms with E-state index in [1.165, 1.54) is 166 Å². The van der Waals surface area contributed by atoms with Crippen LogP contribution in [-0.2, 0) is 4.74 Å². The number of carbonyl (C=O) groups is 1. The monoisotopic (exact) mass is 799 g/mol. The molecule has 0 spiro atoms. The Morgan fingerprint density at radius 2 is 1.33 bits per heavy atom. The van der Waals surface area contributed by atoms with Crippen LogP contribution in [0.1, 0.15) is 241 Å². The molecule has 57 heavy (non-hydrogen) atoms. The summed E-state index contributed by atoms with van der Waals surface area (Å²) in [4.78, 5) is 12.9. The summed E-state index contributed by atoms with van der Waals surface area (Å²) in [5.41, 5.74) is 7.14. The van der Waals surface area contributed by atoms with E-state index >= 15 is 0 Å². The normalized spacial score (nSPS) is 29.8. The highest BCUT2D eigenvalue weighted by Crippen LogP contribution is 2.67. The van der Waals surface area contributed by atoms with Crippen molar-refractivity contribution in [2.45, 2.75) is 253 Å². The number of allylic oxidation sites excluding steroid dienone is 1. The first-order valence-corrected chi connectivity index (χ1v) is 25.5. The van der Waals surface area contributed by atoms with E-state index in [9.17, 15) is 9.90 Å². The highest BCUT2D eigenvalue weighted by atomic mass is 16.6. The van der Waals surface area contributed by atoms with Crippen LogP contribution in [0.3, 0.4) is 0 Å². The minimum Gasteiger partial charge on any atom is -0.445 e. The molecule has 4 N–H and O–H groups in total. The van der Waals surface area contributed by atoms with Crippen LogP contribution < -0.4 is 11.1 Å². The minimum absolute atomic E-state index is 0.149. The fraction of sp³-hybridized carbons (Fsp3) is 0.942. The number of aliphatic hydroxyl groups is 1. The van der Waals surface area contributed by atoms with Gasteiger partial charge in [0, 0.05) is 18.4 Å². The molecule has 4 aliphatic rings. The van der Waals surface area contributed by atoms with Crippen molar-refractivity contribution < 1.29 is 14.6 Å². The second kappa shape index (κ2) is 27.7. The van der Waals surface area contributed by atoms with Crippen LogP contribution >= 0.6 is 0 Å².